The molecule has 1 heterocycles. The average Bonchev–Trinajstić information content (AvgIpc) is 2.06. The molecule has 1 saturated heterocycles. The number of nitrogens with zero attached hydrogens (tertiary/aromatic N) is 1. The Morgan fingerprint density at radius 3 is 2.42 bits per heavy atom. The highest BCUT2D eigenvalue weighted by atomic mass is 32.1. The molecule has 4 nitrogen and oxygen atoms in total. The Labute approximate surface area is 82.0 Å². The van der Waals surface area contributed by atoms with Crippen molar-refractivity contribution >= 4 is 34.4 Å². The minimum absolute atomic E-state index is 0.233. The number of nitrogens with two attached hydrogens (primary N) is 1. The highest BCUT2D eigenvalue weighted by Crippen LogP contribution is 1.92. The van der Waals surface area contributed by atoms with Gasteiger partial charge < -0.3 is 15.9 Å². The highest BCUT2D eigenvalue weighted by molar-refractivity contribution is 7.89. The van der Waals surface area contributed by atoms with Crippen LogP contribution in [0.3, 0.4) is 0 Å². The zero-order valence-electron chi connectivity index (χ0n) is 6.58. The fourth-order valence-electron chi connectivity index (χ4n) is 0.874. The van der Waals surface area contributed by atoms with Crippen molar-refractivity contribution in [1.82, 2.24) is 10.4 Å². The maximum absolute atomic E-state index is 5.32. The Bertz CT molecular complexity index is 191. The molecule has 0 bridgehead atoms. The monoisotopic (exact) mass is 205 g/mol. The zero-order chi connectivity index (χ0) is 8.97. The summed E-state index contributed by atoms with van der Waals surface area (Å²) in [5, 5.41) is 1.95. The minimum atomic E-state index is 0.233. The van der Waals surface area contributed by atoms with Crippen molar-refractivity contribution in [3.05, 3.63) is 0 Å². The van der Waals surface area contributed by atoms with E-state index < -0.39 is 0 Å². The van der Waals surface area contributed by atoms with Crippen molar-refractivity contribution in [1.29, 1.82) is 0 Å². The molecule has 0 atom stereocenters. The number of hydrogen-bond acceptors (Lipinski definition) is 4. The van der Waals surface area contributed by atoms with Crippen molar-refractivity contribution in [3.8, 4) is 0 Å². The highest BCUT2D eigenvalue weighted by Gasteiger charge is 2.11. The van der Waals surface area contributed by atoms with Crippen LogP contribution in [-0.4, -0.2) is 41.3 Å². The topological polar surface area (TPSA) is 50.5 Å². The van der Waals surface area contributed by atoms with E-state index in [-0.39, 0.29) is 4.99 Å². The van der Waals surface area contributed by atoms with E-state index in [0.29, 0.717) is 18.2 Å². The molecule has 0 aromatic heterocycles. The molecule has 0 aromatic carbocycles. The fourth-order valence-corrected chi connectivity index (χ4v) is 1.05. The number of morpholine rings is 1. The van der Waals surface area contributed by atoms with Gasteiger partial charge in [-0.25, -0.2) is 5.01 Å². The largest absolute Gasteiger partial charge is 0.387 e. The predicted octanol–water partition coefficient (Wildman–Crippen LogP) is -0.563. The van der Waals surface area contributed by atoms with E-state index >= 15 is 0 Å². The Kier molecular flexibility index (Phi) is 3.80. The molecule has 0 saturated carbocycles. The summed E-state index contributed by atoms with van der Waals surface area (Å²) in [5.74, 6) is 0. The first-order chi connectivity index (χ1) is 5.70. The summed E-state index contributed by atoms with van der Waals surface area (Å²) < 4.78 is 5.15. The van der Waals surface area contributed by atoms with Crippen molar-refractivity contribution in [2.24, 2.45) is 5.73 Å². The third-order valence-corrected chi connectivity index (χ3v) is 2.14. The Morgan fingerprint density at radius 2 is 1.92 bits per heavy atom. The van der Waals surface area contributed by atoms with E-state index in [2.05, 4.69) is 5.43 Å². The van der Waals surface area contributed by atoms with Gasteiger partial charge in [-0.2, -0.15) is 0 Å². The summed E-state index contributed by atoms with van der Waals surface area (Å²) in [6.07, 6.45) is 0. The quantitative estimate of drug-likeness (QED) is 0.560. The van der Waals surface area contributed by atoms with E-state index in [1.165, 1.54) is 0 Å². The molecular weight excluding hydrogens is 194 g/mol. The molecular formula is C6H11N3OS2. The molecule has 1 aliphatic heterocycles. The van der Waals surface area contributed by atoms with Crippen molar-refractivity contribution in [2.75, 3.05) is 26.3 Å². The number of ether oxygens (including phenoxy) is 1. The molecule has 68 valence electrons. The maximum atomic E-state index is 5.32. The number of hydrazine groups is 1. The van der Waals surface area contributed by atoms with Gasteiger partial charge >= 0.3 is 0 Å². The first kappa shape index (κ1) is 9.79. The molecule has 0 aromatic rings. The van der Waals surface area contributed by atoms with Crippen LogP contribution in [-0.2, 0) is 4.74 Å². The van der Waals surface area contributed by atoms with Crippen molar-refractivity contribution < 1.29 is 4.74 Å². The fraction of sp³-hybridized carbons (Fsp3) is 0.667. The van der Waals surface area contributed by atoms with Crippen molar-refractivity contribution in [2.45, 2.75) is 0 Å². The lowest BCUT2D eigenvalue weighted by Crippen LogP contribution is -2.50. The predicted molar refractivity (Wildman–Crippen MR) is 54.9 cm³/mol. The molecule has 6 heteroatoms. The molecule has 0 unspecified atom stereocenters. The van der Waals surface area contributed by atoms with E-state index in [1.54, 1.807) is 0 Å². The van der Waals surface area contributed by atoms with Crippen molar-refractivity contribution in [3.63, 3.8) is 0 Å². The molecule has 1 aliphatic rings. The van der Waals surface area contributed by atoms with Gasteiger partial charge in [0, 0.05) is 13.1 Å². The number of rotatable bonds is 1. The average molecular weight is 205 g/mol. The summed E-state index contributed by atoms with van der Waals surface area (Å²) in [6.45, 7) is 3.05. The molecule has 0 aliphatic carbocycles. The minimum Gasteiger partial charge on any atom is -0.387 e. The number of thiocarbonyl (C=S) groups is 2. The van der Waals surface area contributed by atoms with Gasteiger partial charge in [-0.1, -0.05) is 24.4 Å². The Morgan fingerprint density at radius 1 is 1.33 bits per heavy atom. The maximum Gasteiger partial charge on any atom is 0.148 e. The normalized spacial score (nSPS) is 18.7. The van der Waals surface area contributed by atoms with Crippen LogP contribution in [0.5, 0.6) is 0 Å². The number of hydrogen-bond donors (Lipinski definition) is 2. The van der Waals surface area contributed by atoms with E-state index in [1.807, 2.05) is 5.01 Å². The Hall–Kier alpha value is -0.300. The van der Waals surface area contributed by atoms with Crippen LogP contribution < -0.4 is 11.2 Å². The summed E-state index contributed by atoms with van der Waals surface area (Å²) in [4.78, 5) is 0.656. The lowest BCUT2D eigenvalue weighted by atomic mass is 10.5. The SMILES string of the molecule is NC(=S)C(=S)NN1CCOCC1. The van der Waals surface area contributed by atoms with E-state index in [9.17, 15) is 0 Å². The second kappa shape index (κ2) is 4.66. The molecule has 0 spiro atoms. The molecule has 12 heavy (non-hydrogen) atoms. The summed E-state index contributed by atoms with van der Waals surface area (Å²) in [7, 11) is 0. The zero-order valence-corrected chi connectivity index (χ0v) is 8.21. The lowest BCUT2D eigenvalue weighted by molar-refractivity contribution is 0.0256. The molecule has 3 N–H and O–H groups in total. The van der Waals surface area contributed by atoms with Gasteiger partial charge in [-0.05, 0) is 0 Å². The molecule has 0 radical (unpaired) electrons. The Balaban J connectivity index is 2.29. The van der Waals surface area contributed by atoms with Crippen LogP contribution in [0, 0.1) is 0 Å². The van der Waals surface area contributed by atoms with Gasteiger partial charge in [0.2, 0.25) is 0 Å². The van der Waals surface area contributed by atoms with Crippen LogP contribution in [0.2, 0.25) is 0 Å². The van der Waals surface area contributed by atoms with Gasteiger partial charge in [0.1, 0.15) is 9.98 Å². The number of nitrogens with one attached hydrogen (secondary N) is 1. The molecule has 1 rings (SSSR count). The summed E-state index contributed by atoms with van der Waals surface area (Å²) in [5.41, 5.74) is 8.26. The second-order valence-corrected chi connectivity index (χ2v) is 3.25. The first-order valence-electron chi connectivity index (χ1n) is 3.63. The third kappa shape index (κ3) is 2.98. The van der Waals surface area contributed by atoms with Crippen LogP contribution in [0.25, 0.3) is 0 Å². The summed E-state index contributed by atoms with van der Waals surface area (Å²) in [6, 6.07) is 0. The lowest BCUT2D eigenvalue weighted by Gasteiger charge is -2.27. The van der Waals surface area contributed by atoms with E-state index in [0.717, 1.165) is 13.1 Å². The van der Waals surface area contributed by atoms with Gasteiger partial charge in [0.15, 0.2) is 0 Å². The third-order valence-electron chi connectivity index (χ3n) is 1.49. The second-order valence-electron chi connectivity index (χ2n) is 2.40. The molecule has 0 amide bonds. The van der Waals surface area contributed by atoms with Crippen LogP contribution in [0.15, 0.2) is 0 Å². The standard InChI is InChI=1S/C6H11N3OS2/c7-5(11)6(12)8-9-1-3-10-4-2-9/h1-4H2,(H2,7,11)(H,8,12). The molecule has 1 fully saturated rings. The van der Waals surface area contributed by atoms with Crippen LogP contribution in [0.4, 0.5) is 0 Å². The van der Waals surface area contributed by atoms with Gasteiger partial charge in [0.05, 0.1) is 13.2 Å². The first-order valence-corrected chi connectivity index (χ1v) is 4.45. The van der Waals surface area contributed by atoms with Gasteiger partial charge in [0.25, 0.3) is 0 Å². The van der Waals surface area contributed by atoms with E-state index in [4.69, 9.17) is 34.9 Å². The van der Waals surface area contributed by atoms with Gasteiger partial charge in [-0.15, -0.1) is 0 Å². The smallest absolute Gasteiger partial charge is 0.148 e. The van der Waals surface area contributed by atoms with Gasteiger partial charge in [-0.3, -0.25) is 0 Å². The summed E-state index contributed by atoms with van der Waals surface area (Å²) >= 11 is 9.60. The van der Waals surface area contributed by atoms with Crippen LogP contribution in [0.1, 0.15) is 0 Å². The van der Waals surface area contributed by atoms with Crippen LogP contribution >= 0.6 is 24.4 Å².